The van der Waals surface area contributed by atoms with E-state index in [-0.39, 0.29) is 0 Å². The van der Waals surface area contributed by atoms with Crippen molar-refractivity contribution in [2.24, 2.45) is 0 Å². The molecule has 1 aliphatic heterocycles. The van der Waals surface area contributed by atoms with E-state index in [1.807, 2.05) is 23.3 Å². The van der Waals surface area contributed by atoms with Crippen molar-refractivity contribution in [3.63, 3.8) is 0 Å². The highest BCUT2D eigenvalue weighted by Gasteiger charge is 2.19. The number of fused-ring (bicyclic) bond motifs is 1. The lowest BCUT2D eigenvalue weighted by Gasteiger charge is -2.28. The van der Waals surface area contributed by atoms with E-state index < -0.39 is 0 Å². The van der Waals surface area contributed by atoms with Gasteiger partial charge in [0.25, 0.3) is 0 Å². The van der Waals surface area contributed by atoms with Gasteiger partial charge in [0.15, 0.2) is 5.69 Å². The molecular weight excluding hydrogens is 252 g/mol. The highest BCUT2D eigenvalue weighted by molar-refractivity contribution is 5.23. The van der Waals surface area contributed by atoms with Crippen molar-refractivity contribution in [3.8, 4) is 6.07 Å². The van der Waals surface area contributed by atoms with E-state index in [0.29, 0.717) is 11.7 Å². The topological polar surface area (TPSA) is 62.7 Å². The molecule has 6 nitrogen and oxygen atoms in total. The minimum absolute atomic E-state index is 0.424. The molecule has 2 aromatic heterocycles. The molecule has 1 aliphatic rings. The van der Waals surface area contributed by atoms with Crippen molar-refractivity contribution in [1.29, 1.82) is 5.26 Å². The van der Waals surface area contributed by atoms with Crippen molar-refractivity contribution in [3.05, 3.63) is 35.7 Å². The number of hydrogen-bond acceptors (Lipinski definition) is 4. The number of rotatable bonds is 3. The Morgan fingerprint density at radius 1 is 1.40 bits per heavy atom. The highest BCUT2D eigenvalue weighted by Crippen LogP contribution is 2.17. The van der Waals surface area contributed by atoms with Gasteiger partial charge in [-0.15, -0.1) is 0 Å². The maximum atomic E-state index is 8.91. The molecular formula is C14H18N6. The zero-order valence-electron chi connectivity index (χ0n) is 11.8. The Labute approximate surface area is 118 Å². The molecule has 0 radical (unpaired) electrons. The van der Waals surface area contributed by atoms with Crippen molar-refractivity contribution in [2.75, 3.05) is 6.54 Å². The third kappa shape index (κ3) is 2.32. The van der Waals surface area contributed by atoms with Crippen LogP contribution in [0.5, 0.6) is 0 Å². The molecule has 0 aromatic carbocycles. The number of nitrogens with zero attached hydrogens (tertiary/aromatic N) is 6. The number of aromatic nitrogens is 4. The second-order valence-electron chi connectivity index (χ2n) is 5.45. The molecule has 3 heterocycles. The van der Waals surface area contributed by atoms with Crippen LogP contribution in [-0.2, 0) is 19.6 Å². The molecule has 20 heavy (non-hydrogen) atoms. The maximum Gasteiger partial charge on any atom is 0.162 e. The standard InChI is InChI=1S/C14H18N6/c1-11(2)19-10-16-7-14(19)9-18-3-4-20-13(8-18)5-12(6-15)17-20/h5,7,10-11H,3-4,8-9H2,1-2H3. The summed E-state index contributed by atoms with van der Waals surface area (Å²) in [5.41, 5.74) is 2.85. The monoisotopic (exact) mass is 270 g/mol. The fraction of sp³-hybridized carbons (Fsp3) is 0.500. The summed E-state index contributed by atoms with van der Waals surface area (Å²) in [5, 5.41) is 13.2. The fourth-order valence-corrected chi connectivity index (χ4v) is 2.66. The number of hydrogen-bond donors (Lipinski definition) is 0. The first-order valence-corrected chi connectivity index (χ1v) is 6.87. The van der Waals surface area contributed by atoms with Gasteiger partial charge < -0.3 is 4.57 Å². The first-order valence-electron chi connectivity index (χ1n) is 6.87. The summed E-state index contributed by atoms with van der Waals surface area (Å²) in [6.45, 7) is 7.82. The summed E-state index contributed by atoms with van der Waals surface area (Å²) >= 11 is 0. The van der Waals surface area contributed by atoms with Gasteiger partial charge in [-0.3, -0.25) is 9.58 Å². The Morgan fingerprint density at radius 2 is 2.25 bits per heavy atom. The molecule has 0 saturated heterocycles. The van der Waals surface area contributed by atoms with Crippen LogP contribution in [0.25, 0.3) is 0 Å². The summed E-state index contributed by atoms with van der Waals surface area (Å²) in [7, 11) is 0. The zero-order chi connectivity index (χ0) is 14.1. The second-order valence-corrected chi connectivity index (χ2v) is 5.45. The van der Waals surface area contributed by atoms with Gasteiger partial charge in [-0.05, 0) is 19.9 Å². The quantitative estimate of drug-likeness (QED) is 0.849. The molecule has 0 unspecified atom stereocenters. The van der Waals surface area contributed by atoms with Crippen LogP contribution in [0, 0.1) is 11.3 Å². The third-order valence-corrected chi connectivity index (χ3v) is 3.68. The number of imidazole rings is 1. The Hall–Kier alpha value is -2.13. The molecule has 104 valence electrons. The Balaban J connectivity index is 1.74. The molecule has 0 aliphatic carbocycles. The lowest BCUT2D eigenvalue weighted by Crippen LogP contribution is -2.34. The van der Waals surface area contributed by atoms with Gasteiger partial charge in [-0.25, -0.2) is 4.98 Å². The molecule has 0 amide bonds. The van der Waals surface area contributed by atoms with Crippen LogP contribution in [0.3, 0.4) is 0 Å². The average Bonchev–Trinajstić information content (AvgIpc) is 3.04. The molecule has 0 bridgehead atoms. The lowest BCUT2D eigenvalue weighted by molar-refractivity contribution is 0.199. The van der Waals surface area contributed by atoms with E-state index in [0.717, 1.165) is 31.9 Å². The predicted molar refractivity (Wildman–Crippen MR) is 73.7 cm³/mol. The van der Waals surface area contributed by atoms with Gasteiger partial charge in [0.1, 0.15) is 6.07 Å². The van der Waals surface area contributed by atoms with Crippen LogP contribution in [0.2, 0.25) is 0 Å². The minimum Gasteiger partial charge on any atom is -0.331 e. The van der Waals surface area contributed by atoms with Crippen LogP contribution in [0.1, 0.15) is 37.0 Å². The number of nitriles is 1. The molecule has 6 heteroatoms. The zero-order valence-corrected chi connectivity index (χ0v) is 11.8. The van der Waals surface area contributed by atoms with Crippen LogP contribution in [0.15, 0.2) is 18.6 Å². The van der Waals surface area contributed by atoms with Gasteiger partial charge in [0.2, 0.25) is 0 Å². The van der Waals surface area contributed by atoms with Crippen molar-refractivity contribution >= 4 is 0 Å². The van der Waals surface area contributed by atoms with Crippen LogP contribution < -0.4 is 0 Å². The van der Waals surface area contributed by atoms with Gasteiger partial charge in [-0.1, -0.05) is 0 Å². The summed E-state index contributed by atoms with van der Waals surface area (Å²) in [6, 6.07) is 4.41. The minimum atomic E-state index is 0.424. The van der Waals surface area contributed by atoms with Crippen molar-refractivity contribution < 1.29 is 0 Å². The van der Waals surface area contributed by atoms with Crippen molar-refractivity contribution in [2.45, 2.75) is 39.5 Å². The van der Waals surface area contributed by atoms with Gasteiger partial charge >= 0.3 is 0 Å². The lowest BCUT2D eigenvalue weighted by atomic mass is 10.2. The SMILES string of the molecule is CC(C)n1cncc1CN1CCn2nc(C#N)cc2C1. The van der Waals surface area contributed by atoms with Crippen LogP contribution in [0.4, 0.5) is 0 Å². The normalized spacial score (nSPS) is 15.3. The van der Waals surface area contributed by atoms with Crippen molar-refractivity contribution in [1.82, 2.24) is 24.2 Å². The van der Waals surface area contributed by atoms with E-state index in [2.05, 4.69) is 39.5 Å². The first kappa shape index (κ1) is 12.9. The third-order valence-electron chi connectivity index (χ3n) is 3.68. The van der Waals surface area contributed by atoms with E-state index in [4.69, 9.17) is 5.26 Å². The van der Waals surface area contributed by atoms with E-state index >= 15 is 0 Å². The van der Waals surface area contributed by atoms with E-state index in [1.165, 1.54) is 5.69 Å². The second kappa shape index (κ2) is 5.10. The fourth-order valence-electron chi connectivity index (χ4n) is 2.66. The molecule has 3 rings (SSSR count). The summed E-state index contributed by atoms with van der Waals surface area (Å²) < 4.78 is 4.14. The molecule has 2 aromatic rings. The molecule has 0 fully saturated rings. The first-order chi connectivity index (χ1) is 9.67. The molecule has 0 atom stereocenters. The summed E-state index contributed by atoms with van der Waals surface area (Å²) in [5.74, 6) is 0. The summed E-state index contributed by atoms with van der Waals surface area (Å²) in [4.78, 5) is 6.62. The molecule has 0 saturated carbocycles. The Kier molecular flexibility index (Phi) is 3.28. The Morgan fingerprint density at radius 3 is 3.00 bits per heavy atom. The summed E-state index contributed by atoms with van der Waals surface area (Å²) in [6.07, 6.45) is 3.83. The largest absolute Gasteiger partial charge is 0.331 e. The van der Waals surface area contributed by atoms with Gasteiger partial charge in [0, 0.05) is 31.9 Å². The molecule has 0 spiro atoms. The Bertz CT molecular complexity index is 645. The molecule has 0 N–H and O–H groups in total. The predicted octanol–water partition coefficient (Wildman–Crippen LogP) is 1.55. The maximum absolute atomic E-state index is 8.91. The highest BCUT2D eigenvalue weighted by atomic mass is 15.3. The smallest absolute Gasteiger partial charge is 0.162 e. The average molecular weight is 270 g/mol. The van der Waals surface area contributed by atoms with Crippen LogP contribution >= 0.6 is 0 Å². The van der Waals surface area contributed by atoms with Crippen LogP contribution in [-0.4, -0.2) is 30.8 Å². The van der Waals surface area contributed by atoms with E-state index in [1.54, 1.807) is 0 Å². The van der Waals surface area contributed by atoms with Gasteiger partial charge in [0.05, 0.1) is 24.3 Å². The van der Waals surface area contributed by atoms with E-state index in [9.17, 15) is 0 Å². The van der Waals surface area contributed by atoms with Gasteiger partial charge in [-0.2, -0.15) is 10.4 Å².